The number of nitrogens with two attached hydrogens (primary N) is 1. The Morgan fingerprint density at radius 1 is 1.35 bits per heavy atom. The molecule has 1 rings (SSSR count). The van der Waals surface area contributed by atoms with E-state index in [1.165, 1.54) is 0 Å². The van der Waals surface area contributed by atoms with Crippen LogP contribution in [0.2, 0.25) is 0 Å². The third-order valence-electron chi connectivity index (χ3n) is 3.23. The summed E-state index contributed by atoms with van der Waals surface area (Å²) in [7, 11) is 0. The largest absolute Gasteiger partial charge is 0.351 e. The van der Waals surface area contributed by atoms with Gasteiger partial charge in [-0.2, -0.15) is 0 Å². The van der Waals surface area contributed by atoms with E-state index in [0.717, 1.165) is 45.8 Å². The number of amides is 4. The number of nitrogens with one attached hydrogen (secondary N) is 3. The lowest BCUT2D eigenvalue weighted by Gasteiger charge is -2.18. The molecule has 0 atom stereocenters. The fraction of sp³-hybridized carbons (Fsp3) is 0.833. The van der Waals surface area contributed by atoms with E-state index in [-0.39, 0.29) is 12.1 Å². The lowest BCUT2D eigenvalue weighted by molar-refractivity contribution is 0.210. The molecule has 1 saturated heterocycles. The lowest BCUT2D eigenvalue weighted by atomic mass is 10.4. The van der Waals surface area contributed by atoms with Crippen LogP contribution in [0.4, 0.5) is 9.59 Å². The minimum Gasteiger partial charge on any atom is -0.351 e. The van der Waals surface area contributed by atoms with E-state index >= 15 is 0 Å². The Balaban J connectivity index is 1.89. The van der Waals surface area contributed by atoms with Gasteiger partial charge in [0.05, 0.1) is 0 Å². The first-order chi connectivity index (χ1) is 9.65. The zero-order chi connectivity index (χ0) is 14.8. The summed E-state index contributed by atoms with van der Waals surface area (Å²) in [4.78, 5) is 25.6. The number of primary amides is 1. The second-order valence-electron chi connectivity index (χ2n) is 4.64. The second-order valence-corrected chi connectivity index (χ2v) is 4.64. The number of hydrogen-bond donors (Lipinski definition) is 4. The molecule has 1 fully saturated rings. The van der Waals surface area contributed by atoms with Gasteiger partial charge in [-0.05, 0) is 6.92 Å². The van der Waals surface area contributed by atoms with Crippen molar-refractivity contribution in [3.8, 4) is 0 Å². The quantitative estimate of drug-likeness (QED) is 0.371. The van der Waals surface area contributed by atoms with Crippen LogP contribution in [-0.2, 0) is 0 Å². The fourth-order valence-corrected chi connectivity index (χ4v) is 2.00. The molecule has 0 saturated carbocycles. The monoisotopic (exact) mass is 286 g/mol. The first-order valence-corrected chi connectivity index (χ1v) is 7.13. The molecule has 0 radical (unpaired) electrons. The van der Waals surface area contributed by atoms with Gasteiger partial charge in [0.25, 0.3) is 0 Å². The summed E-state index contributed by atoms with van der Waals surface area (Å²) in [5.74, 6) is 0. The van der Waals surface area contributed by atoms with Crippen LogP contribution in [0.1, 0.15) is 6.92 Å². The molecular formula is C12H26N6O2. The minimum atomic E-state index is -0.378. The van der Waals surface area contributed by atoms with Crippen molar-refractivity contribution in [2.75, 3.05) is 58.9 Å². The van der Waals surface area contributed by atoms with Crippen LogP contribution in [0.5, 0.6) is 0 Å². The summed E-state index contributed by atoms with van der Waals surface area (Å²) in [6.45, 7) is 8.60. The third-order valence-corrected chi connectivity index (χ3v) is 3.23. The SMILES string of the molecule is CCN(CCNCCNCCN1CCNC1=O)C(N)=O. The predicted octanol–water partition coefficient (Wildman–Crippen LogP) is -1.41. The van der Waals surface area contributed by atoms with Gasteiger partial charge in [-0.3, -0.25) is 0 Å². The van der Waals surface area contributed by atoms with Crippen molar-refractivity contribution < 1.29 is 9.59 Å². The van der Waals surface area contributed by atoms with Crippen LogP contribution >= 0.6 is 0 Å². The molecule has 1 heterocycles. The summed E-state index contributed by atoms with van der Waals surface area (Å²) in [6.07, 6.45) is 0. The summed E-state index contributed by atoms with van der Waals surface area (Å²) in [5, 5.41) is 9.27. The Morgan fingerprint density at radius 2 is 2.05 bits per heavy atom. The number of rotatable bonds is 10. The summed E-state index contributed by atoms with van der Waals surface area (Å²) in [6, 6.07) is -0.354. The topological polar surface area (TPSA) is 103 Å². The van der Waals surface area contributed by atoms with Crippen molar-refractivity contribution in [1.82, 2.24) is 25.8 Å². The molecule has 4 amide bonds. The molecule has 0 aromatic carbocycles. The van der Waals surface area contributed by atoms with E-state index in [9.17, 15) is 9.59 Å². The van der Waals surface area contributed by atoms with E-state index < -0.39 is 0 Å². The molecule has 8 nitrogen and oxygen atoms in total. The van der Waals surface area contributed by atoms with Crippen LogP contribution < -0.4 is 21.7 Å². The Kier molecular flexibility index (Phi) is 7.74. The van der Waals surface area contributed by atoms with Gasteiger partial charge >= 0.3 is 12.1 Å². The fourth-order valence-electron chi connectivity index (χ4n) is 2.00. The van der Waals surface area contributed by atoms with Crippen LogP contribution in [0, 0.1) is 0 Å². The number of nitrogens with zero attached hydrogens (tertiary/aromatic N) is 2. The summed E-state index contributed by atoms with van der Waals surface area (Å²) >= 11 is 0. The zero-order valence-electron chi connectivity index (χ0n) is 12.2. The maximum absolute atomic E-state index is 11.3. The van der Waals surface area contributed by atoms with Gasteiger partial charge in [0.15, 0.2) is 0 Å². The molecule has 0 unspecified atom stereocenters. The van der Waals surface area contributed by atoms with E-state index in [4.69, 9.17) is 5.73 Å². The molecule has 8 heteroatoms. The van der Waals surface area contributed by atoms with Crippen LogP contribution in [0.25, 0.3) is 0 Å². The zero-order valence-corrected chi connectivity index (χ0v) is 12.2. The molecule has 5 N–H and O–H groups in total. The highest BCUT2D eigenvalue weighted by atomic mass is 16.2. The van der Waals surface area contributed by atoms with Gasteiger partial charge in [0, 0.05) is 58.9 Å². The van der Waals surface area contributed by atoms with Crippen molar-refractivity contribution >= 4 is 12.1 Å². The van der Waals surface area contributed by atoms with Crippen molar-refractivity contribution in [3.63, 3.8) is 0 Å². The number of likely N-dealkylation sites (N-methyl/N-ethyl adjacent to an activating group) is 1. The van der Waals surface area contributed by atoms with Crippen LogP contribution in [0.3, 0.4) is 0 Å². The van der Waals surface area contributed by atoms with Gasteiger partial charge in [-0.25, -0.2) is 9.59 Å². The maximum atomic E-state index is 11.3. The maximum Gasteiger partial charge on any atom is 0.317 e. The highest BCUT2D eigenvalue weighted by Gasteiger charge is 2.17. The molecule has 0 aromatic rings. The van der Waals surface area contributed by atoms with E-state index in [2.05, 4.69) is 16.0 Å². The van der Waals surface area contributed by atoms with E-state index in [0.29, 0.717) is 13.1 Å². The normalized spacial score (nSPS) is 14.4. The second kappa shape index (κ2) is 9.38. The molecule has 1 aliphatic heterocycles. The Hall–Kier alpha value is -1.54. The highest BCUT2D eigenvalue weighted by molar-refractivity contribution is 5.76. The van der Waals surface area contributed by atoms with Crippen molar-refractivity contribution in [2.24, 2.45) is 5.73 Å². The van der Waals surface area contributed by atoms with Crippen molar-refractivity contribution in [3.05, 3.63) is 0 Å². The molecule has 0 aliphatic carbocycles. The Morgan fingerprint density at radius 3 is 2.60 bits per heavy atom. The van der Waals surface area contributed by atoms with Crippen LogP contribution in [-0.4, -0.2) is 80.8 Å². The number of urea groups is 2. The third kappa shape index (κ3) is 6.07. The number of hydrogen-bond acceptors (Lipinski definition) is 4. The standard InChI is InChI=1S/C12H26N6O2/c1-2-17(11(13)19)8-5-14-3-4-15-6-9-18-10-7-16-12(18)20/h14-15H,2-10H2,1H3,(H2,13,19)(H,16,20). The first kappa shape index (κ1) is 16.5. The van der Waals surface area contributed by atoms with Crippen LogP contribution in [0.15, 0.2) is 0 Å². The van der Waals surface area contributed by atoms with Crippen molar-refractivity contribution in [1.29, 1.82) is 0 Å². The lowest BCUT2D eigenvalue weighted by Crippen LogP contribution is -2.41. The number of carbonyl (C=O) groups excluding carboxylic acids is 2. The van der Waals surface area contributed by atoms with Crippen molar-refractivity contribution in [2.45, 2.75) is 6.92 Å². The van der Waals surface area contributed by atoms with E-state index in [1.807, 2.05) is 6.92 Å². The molecule has 1 aliphatic rings. The van der Waals surface area contributed by atoms with Gasteiger partial charge < -0.3 is 31.5 Å². The average molecular weight is 286 g/mol. The molecule has 20 heavy (non-hydrogen) atoms. The molecule has 0 spiro atoms. The average Bonchev–Trinajstić information content (AvgIpc) is 2.82. The summed E-state index contributed by atoms with van der Waals surface area (Å²) in [5.41, 5.74) is 5.21. The molecular weight excluding hydrogens is 260 g/mol. The van der Waals surface area contributed by atoms with E-state index in [1.54, 1.807) is 9.80 Å². The Bertz CT molecular complexity index is 304. The van der Waals surface area contributed by atoms with Gasteiger partial charge in [-0.1, -0.05) is 0 Å². The van der Waals surface area contributed by atoms with Gasteiger partial charge in [-0.15, -0.1) is 0 Å². The molecule has 0 aromatic heterocycles. The minimum absolute atomic E-state index is 0.0241. The summed E-state index contributed by atoms with van der Waals surface area (Å²) < 4.78 is 0. The molecule has 0 bridgehead atoms. The van der Waals surface area contributed by atoms with Gasteiger partial charge in [0.1, 0.15) is 0 Å². The van der Waals surface area contributed by atoms with Gasteiger partial charge in [0.2, 0.25) is 0 Å². The Labute approximate surface area is 120 Å². The smallest absolute Gasteiger partial charge is 0.317 e. The highest BCUT2D eigenvalue weighted by Crippen LogP contribution is 1.93. The molecule has 116 valence electrons. The first-order valence-electron chi connectivity index (χ1n) is 7.13. The predicted molar refractivity (Wildman–Crippen MR) is 77.5 cm³/mol. The number of carbonyl (C=O) groups is 2.